The summed E-state index contributed by atoms with van der Waals surface area (Å²) in [6.45, 7) is 11.5. The van der Waals surface area contributed by atoms with Crippen LogP contribution >= 0.6 is 0 Å². The van der Waals surface area contributed by atoms with E-state index >= 15 is 0 Å². The fraction of sp³-hybridized carbons (Fsp3) is 0.417. The predicted octanol–water partition coefficient (Wildman–Crippen LogP) is 7.14. The van der Waals surface area contributed by atoms with E-state index in [4.69, 9.17) is 14.2 Å². The minimum atomic E-state index is -0.666. The summed E-state index contributed by atoms with van der Waals surface area (Å²) in [5.41, 5.74) is 3.24. The summed E-state index contributed by atoms with van der Waals surface area (Å²) in [5, 5.41) is 3.20. The van der Waals surface area contributed by atoms with Crippen molar-refractivity contribution >= 4 is 23.7 Å². The fourth-order valence-electron chi connectivity index (χ4n) is 6.56. The lowest BCUT2D eigenvalue weighted by atomic mass is 10.1. The van der Waals surface area contributed by atoms with Crippen molar-refractivity contribution in [1.82, 2.24) is 20.0 Å². The Morgan fingerprint density at radius 1 is 0.576 bits per heavy atom. The normalized spacial score (nSPS) is 12.3. The number of nitrogens with one attached hydrogen (secondary N) is 1. The lowest BCUT2D eigenvalue weighted by Crippen LogP contribution is -2.47. The molecule has 0 aliphatic carbocycles. The Labute approximate surface area is 350 Å². The molecule has 11 heteroatoms. The van der Waals surface area contributed by atoms with Crippen LogP contribution in [0.4, 0.5) is 0 Å². The molecule has 4 aromatic carbocycles. The van der Waals surface area contributed by atoms with Crippen molar-refractivity contribution < 1.29 is 33.4 Å². The fourth-order valence-corrected chi connectivity index (χ4v) is 6.56. The van der Waals surface area contributed by atoms with Gasteiger partial charge in [-0.3, -0.25) is 19.2 Å². The molecule has 0 aliphatic rings. The van der Waals surface area contributed by atoms with Crippen LogP contribution in [0, 0.1) is 0 Å². The van der Waals surface area contributed by atoms with Gasteiger partial charge in [0, 0.05) is 32.6 Å². The molecule has 1 N–H and O–H groups in total. The lowest BCUT2D eigenvalue weighted by molar-refractivity contribution is -0.156. The van der Waals surface area contributed by atoms with E-state index in [1.165, 1.54) is 4.90 Å². The van der Waals surface area contributed by atoms with E-state index in [0.717, 1.165) is 22.3 Å². The molecule has 0 saturated carbocycles. The van der Waals surface area contributed by atoms with Gasteiger partial charge in [-0.1, -0.05) is 121 Å². The van der Waals surface area contributed by atoms with Gasteiger partial charge in [0.1, 0.15) is 5.60 Å². The average Bonchev–Trinajstić information content (AvgIpc) is 3.23. The summed E-state index contributed by atoms with van der Waals surface area (Å²) >= 11 is 0. The summed E-state index contributed by atoms with van der Waals surface area (Å²) < 4.78 is 17.3. The number of benzene rings is 4. The molecule has 0 unspecified atom stereocenters. The quantitative estimate of drug-likeness (QED) is 0.0587. The summed E-state index contributed by atoms with van der Waals surface area (Å²) in [6.07, 6.45) is -0.0167. The number of carbonyl (C=O) groups is 4. The number of esters is 1. The summed E-state index contributed by atoms with van der Waals surface area (Å²) in [4.78, 5) is 60.0. The van der Waals surface area contributed by atoms with Gasteiger partial charge in [-0.15, -0.1) is 0 Å². The van der Waals surface area contributed by atoms with E-state index in [1.807, 2.05) is 135 Å². The molecule has 59 heavy (non-hydrogen) atoms. The Kier molecular flexibility index (Phi) is 19.3. The molecule has 0 heterocycles. The molecule has 11 nitrogen and oxygen atoms in total. The van der Waals surface area contributed by atoms with Crippen LogP contribution in [0.25, 0.3) is 0 Å². The molecule has 0 aliphatic heterocycles. The van der Waals surface area contributed by atoms with E-state index in [2.05, 4.69) is 5.32 Å². The van der Waals surface area contributed by atoms with Gasteiger partial charge in [0.25, 0.3) is 0 Å². The highest BCUT2D eigenvalue weighted by molar-refractivity contribution is 5.86. The average molecular weight is 807 g/mol. The molecule has 0 aromatic heterocycles. The number of nitrogens with zero attached hydrogens (tertiary/aromatic N) is 3. The Balaban J connectivity index is 1.47. The van der Waals surface area contributed by atoms with E-state index in [1.54, 1.807) is 30.6 Å². The number of rotatable bonds is 24. The number of hydrogen-bond donors (Lipinski definition) is 1. The van der Waals surface area contributed by atoms with Crippen LogP contribution in [-0.4, -0.2) is 96.5 Å². The van der Waals surface area contributed by atoms with Crippen LogP contribution in [0.3, 0.4) is 0 Å². The third-order valence-electron chi connectivity index (χ3n) is 9.79. The van der Waals surface area contributed by atoms with Gasteiger partial charge in [-0.05, 0) is 56.9 Å². The van der Waals surface area contributed by atoms with Crippen LogP contribution in [0.15, 0.2) is 121 Å². The van der Waals surface area contributed by atoms with Crippen LogP contribution < -0.4 is 5.32 Å². The second-order valence-corrected chi connectivity index (χ2v) is 15.5. The molecule has 4 aromatic rings. The summed E-state index contributed by atoms with van der Waals surface area (Å²) in [5.74, 6) is -1.17. The molecule has 0 bridgehead atoms. The van der Waals surface area contributed by atoms with Gasteiger partial charge in [0.2, 0.25) is 17.7 Å². The molecule has 316 valence electrons. The minimum absolute atomic E-state index is 0.00402. The lowest BCUT2D eigenvalue weighted by Gasteiger charge is -2.33. The highest BCUT2D eigenvalue weighted by Crippen LogP contribution is 2.23. The van der Waals surface area contributed by atoms with Gasteiger partial charge in [0.15, 0.2) is 0 Å². The maximum absolute atomic E-state index is 14.3. The number of amides is 3. The smallest absolute Gasteiger partial charge is 0.308 e. The van der Waals surface area contributed by atoms with Gasteiger partial charge in [0.05, 0.1) is 58.0 Å². The second-order valence-electron chi connectivity index (χ2n) is 15.5. The Bertz CT molecular complexity index is 1840. The van der Waals surface area contributed by atoms with Crippen LogP contribution in [0.5, 0.6) is 0 Å². The summed E-state index contributed by atoms with van der Waals surface area (Å²) in [7, 11) is 0. The molecule has 0 radical (unpaired) electrons. The zero-order valence-electron chi connectivity index (χ0n) is 35.4. The van der Waals surface area contributed by atoms with Gasteiger partial charge < -0.3 is 34.2 Å². The first kappa shape index (κ1) is 46.3. The van der Waals surface area contributed by atoms with Crippen molar-refractivity contribution in [3.63, 3.8) is 0 Å². The monoisotopic (exact) mass is 806 g/mol. The van der Waals surface area contributed by atoms with E-state index in [0.29, 0.717) is 26.4 Å². The zero-order valence-corrected chi connectivity index (χ0v) is 35.4. The van der Waals surface area contributed by atoms with Crippen molar-refractivity contribution in [2.75, 3.05) is 52.5 Å². The third kappa shape index (κ3) is 16.8. The Hall–Kier alpha value is -5.36. The van der Waals surface area contributed by atoms with Crippen LogP contribution in [0.1, 0.15) is 81.8 Å². The number of ether oxygens (including phenoxy) is 3. The van der Waals surface area contributed by atoms with E-state index in [-0.39, 0.29) is 82.0 Å². The first-order valence-electron chi connectivity index (χ1n) is 20.5. The minimum Gasteiger partial charge on any atom is -0.460 e. The Morgan fingerprint density at radius 3 is 1.54 bits per heavy atom. The molecule has 0 fully saturated rings. The molecule has 2 atom stereocenters. The maximum Gasteiger partial charge on any atom is 0.308 e. The van der Waals surface area contributed by atoms with Gasteiger partial charge >= 0.3 is 5.97 Å². The second kappa shape index (κ2) is 24.5. The van der Waals surface area contributed by atoms with E-state index < -0.39 is 11.6 Å². The Morgan fingerprint density at radius 2 is 1.03 bits per heavy atom. The molecular formula is C48H62N4O7. The number of hydrogen-bond acceptors (Lipinski definition) is 8. The van der Waals surface area contributed by atoms with Crippen LogP contribution in [-0.2, 0) is 46.6 Å². The third-order valence-corrected chi connectivity index (χ3v) is 9.79. The standard InChI is InChI=1S/C48H62N4O7/c1-38(42-22-14-8-15-23-42)51(45(54)34-49-28-32-57-36-40-18-10-6-11-19-40)29-26-44(53)50(31-33-58-37-41-20-12-7-13-21-41)35-46(55)52(30-27-47(56)59-48(3,4)5)39(2)43-24-16-9-17-25-43/h6-25,38-39,49H,26-37H2,1-5H3/t38-,39-/m0/s1. The van der Waals surface area contributed by atoms with Crippen molar-refractivity contribution in [3.8, 4) is 0 Å². The predicted molar refractivity (Wildman–Crippen MR) is 230 cm³/mol. The molecule has 4 rings (SSSR count). The molecule has 0 saturated heterocycles. The van der Waals surface area contributed by atoms with Crippen molar-refractivity contribution in [1.29, 1.82) is 0 Å². The van der Waals surface area contributed by atoms with Gasteiger partial charge in [-0.25, -0.2) is 0 Å². The van der Waals surface area contributed by atoms with Crippen molar-refractivity contribution in [2.24, 2.45) is 0 Å². The van der Waals surface area contributed by atoms with E-state index in [9.17, 15) is 19.2 Å². The van der Waals surface area contributed by atoms with Crippen molar-refractivity contribution in [2.45, 2.75) is 78.4 Å². The first-order valence-corrected chi connectivity index (χ1v) is 20.5. The number of carbonyl (C=O) groups excluding carboxylic acids is 4. The highest BCUT2D eigenvalue weighted by atomic mass is 16.6. The molecule has 0 spiro atoms. The van der Waals surface area contributed by atoms with Gasteiger partial charge in [-0.2, -0.15) is 0 Å². The SMILES string of the molecule is C[C@@H](c1ccccc1)N(CCC(=O)N(CCOCc1ccccc1)CC(=O)N(CCC(=O)OC(C)(C)C)[C@@H](C)c1ccccc1)C(=O)CNCCOCc1ccccc1. The zero-order chi connectivity index (χ0) is 42.5. The maximum atomic E-state index is 14.3. The molecule has 3 amide bonds. The van der Waals surface area contributed by atoms with Crippen molar-refractivity contribution in [3.05, 3.63) is 144 Å². The van der Waals surface area contributed by atoms with Crippen LogP contribution in [0.2, 0.25) is 0 Å². The first-order chi connectivity index (χ1) is 28.4. The molecular weight excluding hydrogens is 745 g/mol. The largest absolute Gasteiger partial charge is 0.460 e. The highest BCUT2D eigenvalue weighted by Gasteiger charge is 2.28. The topological polar surface area (TPSA) is 118 Å². The summed E-state index contributed by atoms with van der Waals surface area (Å²) in [6, 6.07) is 38.2.